The van der Waals surface area contributed by atoms with Crippen LogP contribution in [0.15, 0.2) is 48.5 Å². The molecular weight excluding hydrogens is 396 g/mol. The largest absolute Gasteiger partial charge is 0.449 e. The van der Waals surface area contributed by atoms with Crippen LogP contribution in [0.5, 0.6) is 0 Å². The summed E-state index contributed by atoms with van der Waals surface area (Å²) in [4.78, 5) is 49.0. The summed E-state index contributed by atoms with van der Waals surface area (Å²) >= 11 is 5.84. The fourth-order valence-corrected chi connectivity index (χ4v) is 2.53. The molecule has 0 aliphatic carbocycles. The maximum absolute atomic E-state index is 12.8. The van der Waals surface area contributed by atoms with Gasteiger partial charge in [-0.05, 0) is 51.1 Å². The Morgan fingerprint density at radius 2 is 1.48 bits per heavy atom. The van der Waals surface area contributed by atoms with E-state index >= 15 is 0 Å². The number of carbonyl (C=O) groups excluding carboxylic acids is 4. The van der Waals surface area contributed by atoms with Crippen molar-refractivity contribution < 1.29 is 23.9 Å². The maximum atomic E-state index is 12.8. The Bertz CT molecular complexity index is 925. The van der Waals surface area contributed by atoms with Crippen LogP contribution in [-0.4, -0.2) is 35.8 Å². The Balaban J connectivity index is 2.13. The third-order valence-electron chi connectivity index (χ3n) is 3.81. The van der Waals surface area contributed by atoms with Crippen molar-refractivity contribution in [2.45, 2.75) is 32.9 Å². The van der Waals surface area contributed by atoms with E-state index in [1.807, 2.05) is 0 Å². The highest BCUT2D eigenvalue weighted by atomic mass is 35.5. The Labute approximate surface area is 173 Å². The van der Waals surface area contributed by atoms with Crippen molar-refractivity contribution in [1.82, 2.24) is 10.6 Å². The quantitative estimate of drug-likeness (QED) is 0.555. The Morgan fingerprint density at radius 3 is 2.07 bits per heavy atom. The number of urea groups is 1. The van der Waals surface area contributed by atoms with Gasteiger partial charge in [0, 0.05) is 22.2 Å². The highest BCUT2D eigenvalue weighted by Crippen LogP contribution is 2.18. The van der Waals surface area contributed by atoms with E-state index in [0.29, 0.717) is 10.6 Å². The SMILES string of the molecule is CC(C)NC(=O)NC(=O)C(C)OC(=O)c1ccccc1C(=O)c1ccc(Cl)cc1. The number of esters is 1. The fraction of sp³-hybridized carbons (Fsp3) is 0.238. The minimum Gasteiger partial charge on any atom is -0.449 e. The molecule has 2 N–H and O–H groups in total. The molecule has 0 aromatic heterocycles. The number of benzene rings is 2. The molecular formula is C21H21ClN2O5. The Kier molecular flexibility index (Phi) is 7.50. The van der Waals surface area contributed by atoms with Crippen molar-refractivity contribution in [2.24, 2.45) is 0 Å². The van der Waals surface area contributed by atoms with Gasteiger partial charge in [-0.2, -0.15) is 0 Å². The third kappa shape index (κ3) is 6.15. The summed E-state index contributed by atoms with van der Waals surface area (Å²) in [5, 5.41) is 5.07. The lowest BCUT2D eigenvalue weighted by molar-refractivity contribution is -0.127. The van der Waals surface area contributed by atoms with Gasteiger partial charge in [-0.15, -0.1) is 0 Å². The van der Waals surface area contributed by atoms with Crippen molar-refractivity contribution >= 4 is 35.3 Å². The molecule has 0 aliphatic rings. The summed E-state index contributed by atoms with van der Waals surface area (Å²) in [6.07, 6.45) is -1.24. The smallest absolute Gasteiger partial charge is 0.339 e. The predicted molar refractivity (Wildman–Crippen MR) is 108 cm³/mol. The third-order valence-corrected chi connectivity index (χ3v) is 4.06. The summed E-state index contributed by atoms with van der Waals surface area (Å²) < 4.78 is 5.15. The second-order valence-electron chi connectivity index (χ2n) is 6.55. The first kappa shape index (κ1) is 22.1. The second kappa shape index (κ2) is 9.84. The number of ether oxygens (including phenoxy) is 1. The molecule has 8 heteroatoms. The molecule has 0 bridgehead atoms. The fourth-order valence-electron chi connectivity index (χ4n) is 2.41. The van der Waals surface area contributed by atoms with E-state index in [9.17, 15) is 19.2 Å². The molecule has 1 atom stereocenters. The van der Waals surface area contributed by atoms with Gasteiger partial charge in [-0.3, -0.25) is 14.9 Å². The molecule has 2 aromatic rings. The van der Waals surface area contributed by atoms with E-state index in [4.69, 9.17) is 16.3 Å². The number of nitrogens with one attached hydrogen (secondary N) is 2. The van der Waals surface area contributed by atoms with E-state index in [1.54, 1.807) is 50.2 Å². The van der Waals surface area contributed by atoms with Gasteiger partial charge in [0.1, 0.15) is 0 Å². The van der Waals surface area contributed by atoms with Crippen LogP contribution in [0.1, 0.15) is 47.1 Å². The molecule has 0 spiro atoms. The van der Waals surface area contributed by atoms with Crippen LogP contribution in [-0.2, 0) is 9.53 Å². The van der Waals surface area contributed by atoms with Gasteiger partial charge >= 0.3 is 12.0 Å². The van der Waals surface area contributed by atoms with Crippen LogP contribution in [0, 0.1) is 0 Å². The number of rotatable bonds is 6. The van der Waals surface area contributed by atoms with Crippen LogP contribution in [0.3, 0.4) is 0 Å². The van der Waals surface area contributed by atoms with Crippen LogP contribution in [0.25, 0.3) is 0 Å². The number of halogens is 1. The van der Waals surface area contributed by atoms with E-state index in [2.05, 4.69) is 10.6 Å². The van der Waals surface area contributed by atoms with E-state index in [-0.39, 0.29) is 23.0 Å². The summed E-state index contributed by atoms with van der Waals surface area (Å²) in [7, 11) is 0. The number of amides is 3. The number of ketones is 1. The summed E-state index contributed by atoms with van der Waals surface area (Å²) in [5.74, 6) is -2.02. The van der Waals surface area contributed by atoms with Gasteiger partial charge in [0.15, 0.2) is 11.9 Å². The summed E-state index contributed by atoms with van der Waals surface area (Å²) in [5.41, 5.74) is 0.495. The van der Waals surface area contributed by atoms with Gasteiger partial charge in [-0.1, -0.05) is 29.8 Å². The molecule has 0 saturated carbocycles. The standard InChI is InChI=1S/C21H21ClN2O5/c1-12(2)23-21(28)24-19(26)13(3)29-20(27)17-7-5-4-6-16(17)18(25)14-8-10-15(22)11-9-14/h4-13H,1-3H3,(H2,23,24,26,28). The number of carbonyl (C=O) groups is 4. The number of hydrogen-bond donors (Lipinski definition) is 2. The molecule has 0 radical (unpaired) electrons. The van der Waals surface area contributed by atoms with Crippen molar-refractivity contribution in [3.05, 3.63) is 70.2 Å². The topological polar surface area (TPSA) is 102 Å². The second-order valence-corrected chi connectivity index (χ2v) is 6.98. The molecule has 29 heavy (non-hydrogen) atoms. The van der Waals surface area contributed by atoms with Gasteiger partial charge in [-0.25, -0.2) is 9.59 Å². The predicted octanol–water partition coefficient (Wildman–Crippen LogP) is 3.35. The lowest BCUT2D eigenvalue weighted by Crippen LogP contribution is -2.46. The lowest BCUT2D eigenvalue weighted by Gasteiger charge is -2.15. The normalized spacial score (nSPS) is 11.5. The van der Waals surface area contributed by atoms with E-state index in [1.165, 1.54) is 19.1 Å². The Morgan fingerprint density at radius 1 is 0.897 bits per heavy atom. The van der Waals surface area contributed by atoms with Crippen LogP contribution < -0.4 is 10.6 Å². The highest BCUT2D eigenvalue weighted by molar-refractivity contribution is 6.30. The summed E-state index contributed by atoms with van der Waals surface area (Å²) in [6.45, 7) is 4.81. The van der Waals surface area contributed by atoms with Crippen LogP contribution >= 0.6 is 11.6 Å². The van der Waals surface area contributed by atoms with Crippen molar-refractivity contribution in [3.8, 4) is 0 Å². The number of imide groups is 1. The molecule has 0 saturated heterocycles. The number of hydrogen-bond acceptors (Lipinski definition) is 5. The average molecular weight is 417 g/mol. The zero-order chi connectivity index (χ0) is 21.6. The average Bonchev–Trinajstić information content (AvgIpc) is 2.67. The van der Waals surface area contributed by atoms with Gasteiger partial charge in [0.25, 0.3) is 5.91 Å². The molecule has 2 rings (SSSR count). The minimum absolute atomic E-state index is 0.0127. The summed E-state index contributed by atoms with van der Waals surface area (Å²) in [6, 6.07) is 11.5. The molecule has 152 valence electrons. The lowest BCUT2D eigenvalue weighted by atomic mass is 9.98. The van der Waals surface area contributed by atoms with Crippen LogP contribution in [0.4, 0.5) is 4.79 Å². The molecule has 0 aliphatic heterocycles. The van der Waals surface area contributed by atoms with Gasteiger partial charge < -0.3 is 10.1 Å². The first-order valence-corrected chi connectivity index (χ1v) is 9.28. The molecule has 0 heterocycles. The monoisotopic (exact) mass is 416 g/mol. The van der Waals surface area contributed by atoms with Crippen molar-refractivity contribution in [2.75, 3.05) is 0 Å². The molecule has 2 aromatic carbocycles. The zero-order valence-corrected chi connectivity index (χ0v) is 16.9. The van der Waals surface area contributed by atoms with Crippen LogP contribution in [0.2, 0.25) is 5.02 Å². The van der Waals surface area contributed by atoms with Crippen molar-refractivity contribution in [1.29, 1.82) is 0 Å². The minimum atomic E-state index is -1.24. The molecule has 0 fully saturated rings. The molecule has 1 unspecified atom stereocenters. The van der Waals surface area contributed by atoms with E-state index < -0.39 is 24.0 Å². The molecule has 3 amide bonds. The zero-order valence-electron chi connectivity index (χ0n) is 16.2. The first-order valence-electron chi connectivity index (χ1n) is 8.90. The van der Waals surface area contributed by atoms with E-state index in [0.717, 1.165) is 0 Å². The maximum Gasteiger partial charge on any atom is 0.339 e. The highest BCUT2D eigenvalue weighted by Gasteiger charge is 2.24. The first-order chi connectivity index (χ1) is 13.7. The molecule has 7 nitrogen and oxygen atoms in total. The van der Waals surface area contributed by atoms with Gasteiger partial charge in [0.2, 0.25) is 0 Å². The van der Waals surface area contributed by atoms with Gasteiger partial charge in [0.05, 0.1) is 5.56 Å². The van der Waals surface area contributed by atoms with Crippen molar-refractivity contribution in [3.63, 3.8) is 0 Å². The Hall–Kier alpha value is -3.19.